The summed E-state index contributed by atoms with van der Waals surface area (Å²) in [5.41, 5.74) is 1.17. The Balaban J connectivity index is 1.71. The predicted octanol–water partition coefficient (Wildman–Crippen LogP) is 7.46. The van der Waals surface area contributed by atoms with E-state index in [1.54, 1.807) is 40.9 Å². The molecule has 3 heterocycles. The summed E-state index contributed by atoms with van der Waals surface area (Å²) in [6.07, 6.45) is 8.87. The maximum absolute atomic E-state index is 14.5. The molecule has 2 N–H and O–H groups in total. The molecule has 16 nitrogen and oxygen atoms in total. The molecule has 1 aliphatic carbocycles. The van der Waals surface area contributed by atoms with Crippen LogP contribution in [0.5, 0.6) is 0 Å². The largest absolute Gasteiger partial charge is 0.460 e. The van der Waals surface area contributed by atoms with E-state index in [-0.39, 0.29) is 62.4 Å². The smallest absolute Gasteiger partial charge is 0.345 e. The van der Waals surface area contributed by atoms with E-state index in [1.807, 2.05) is 51.2 Å². The monoisotopic (exact) mass is 1050 g/mol. The highest BCUT2D eigenvalue weighted by Crippen LogP contribution is 2.38. The lowest BCUT2D eigenvalue weighted by atomic mass is 9.78. The van der Waals surface area contributed by atoms with Crippen LogP contribution in [0.15, 0.2) is 47.6 Å². The van der Waals surface area contributed by atoms with Crippen LogP contribution in [-0.2, 0) is 61.9 Å². The van der Waals surface area contributed by atoms with E-state index < -0.39 is 102 Å². The number of ether oxygens (including phenoxy) is 8. The molecule has 0 aromatic heterocycles. The summed E-state index contributed by atoms with van der Waals surface area (Å²) in [6, 6.07) is -1.22. The van der Waals surface area contributed by atoms with Gasteiger partial charge in [-0.05, 0) is 107 Å². The maximum Gasteiger partial charge on any atom is 0.345 e. The Bertz CT molecular complexity index is 1940. The molecule has 0 aromatic carbocycles. The summed E-state index contributed by atoms with van der Waals surface area (Å²) < 4.78 is 72.1. The van der Waals surface area contributed by atoms with E-state index in [1.165, 1.54) is 14.2 Å². The van der Waals surface area contributed by atoms with Crippen LogP contribution in [0.1, 0.15) is 126 Å². The topological polar surface area (TPSA) is 203 Å². The number of esters is 1. The number of amides is 1. The van der Waals surface area contributed by atoms with Crippen LogP contribution in [0.3, 0.4) is 0 Å². The van der Waals surface area contributed by atoms with Gasteiger partial charge in [0, 0.05) is 58.5 Å². The zero-order valence-corrected chi connectivity index (χ0v) is 45.5. The highest BCUT2D eigenvalue weighted by Gasteiger charge is 2.53. The number of rotatable bonds is 14. The van der Waals surface area contributed by atoms with Crippen LogP contribution in [-0.4, -0.2) is 160 Å². The minimum Gasteiger partial charge on any atom is -0.460 e. The Morgan fingerprint density at radius 2 is 1.57 bits per heavy atom. The number of carbonyl (C=O) groups excluding carboxylic acids is 5. The van der Waals surface area contributed by atoms with Crippen molar-refractivity contribution < 1.29 is 80.9 Å². The molecule has 4 aliphatic rings. The van der Waals surface area contributed by atoms with Crippen LogP contribution >= 0.6 is 0 Å². The molecule has 74 heavy (non-hydrogen) atoms. The van der Waals surface area contributed by atoms with E-state index in [4.69, 9.17) is 37.9 Å². The number of aliphatic hydroxyl groups excluding tert-OH is 1. The van der Waals surface area contributed by atoms with Gasteiger partial charge in [-0.2, -0.15) is 8.78 Å². The fourth-order valence-corrected chi connectivity index (χ4v) is 10.8. The number of alkyl halides is 2. The zero-order chi connectivity index (χ0) is 54.7. The van der Waals surface area contributed by atoms with Crippen molar-refractivity contribution in [3.8, 4) is 0 Å². The Morgan fingerprint density at radius 1 is 0.838 bits per heavy atom. The molecule has 1 amide bonds. The van der Waals surface area contributed by atoms with Crippen molar-refractivity contribution in [1.29, 1.82) is 0 Å². The number of aliphatic hydroxyl groups is 2. The second kappa shape index (κ2) is 31.0. The van der Waals surface area contributed by atoms with Gasteiger partial charge in [-0.25, -0.2) is 4.79 Å². The van der Waals surface area contributed by atoms with E-state index in [0.29, 0.717) is 76.6 Å². The van der Waals surface area contributed by atoms with Gasteiger partial charge in [-0.1, -0.05) is 71.1 Å². The van der Waals surface area contributed by atoms with Crippen molar-refractivity contribution in [3.05, 3.63) is 47.6 Å². The van der Waals surface area contributed by atoms with Crippen molar-refractivity contribution in [2.45, 2.75) is 187 Å². The second-order valence-corrected chi connectivity index (χ2v) is 21.2. The lowest BCUT2D eigenvalue weighted by Gasteiger charge is -2.43. The minimum absolute atomic E-state index is 0.0286. The number of hydrogen-bond donors (Lipinski definition) is 2. The molecular formula is C56H87F2NO15. The Kier molecular flexibility index (Phi) is 26.3. The van der Waals surface area contributed by atoms with E-state index >= 15 is 0 Å². The first-order valence-electron chi connectivity index (χ1n) is 26.7. The summed E-state index contributed by atoms with van der Waals surface area (Å²) in [7, 11) is 4.38. The molecule has 0 aromatic rings. The highest BCUT2D eigenvalue weighted by atomic mass is 19.3. The first kappa shape index (κ1) is 62.9. The standard InChI is InChI=1S/C56H87F2NO15/c1-34-16-12-11-13-17-35(2)46(71-27-26-70-25-24-67-8)32-42-21-19-40(7)56(66,74-42)52(63)53(64)59-23-15-14-18-43(59)54(65)72-47(37(4)30-41-20-22-45(73-55(57)58)48(31-41)68-9)33-44(60)36(3)29-39(6)50(62)51(69-10)49(61)38(5)28-34/h11-13,16-17,29,34,36-38,40-43,45-48,50-51,55,62,66H,14-15,18-28,30-33H2,1-10H3/b13-11+,16-12+,35-17+,39-29+/t34-,36-,37-,38-,40-,41+,42+,43+,45-,46-,47+,48-,50-,51+,56-/m1/s1. The van der Waals surface area contributed by atoms with Gasteiger partial charge in [0.25, 0.3) is 11.7 Å². The molecule has 3 fully saturated rings. The van der Waals surface area contributed by atoms with Gasteiger partial charge in [0.2, 0.25) is 5.79 Å². The summed E-state index contributed by atoms with van der Waals surface area (Å²) in [6.45, 7) is 10.8. The lowest BCUT2D eigenvalue weighted by molar-refractivity contribution is -0.266. The van der Waals surface area contributed by atoms with Gasteiger partial charge < -0.3 is 53.0 Å². The average Bonchev–Trinajstić information content (AvgIpc) is 3.37. The molecule has 18 heteroatoms. The Labute approximate surface area is 437 Å². The molecular weight excluding hydrogens is 965 g/mol. The van der Waals surface area contributed by atoms with Gasteiger partial charge in [-0.15, -0.1) is 0 Å². The molecule has 0 unspecified atom stereocenters. The SMILES string of the molecule is COCCOCCO[C@@H]1C[C@@H]2CC[C@@H](C)[C@@](O)(O2)C(=O)C(=O)N2CCCC[C@H]2C(=O)O[C@H]([C@H](C)C[C@@H]2CC[C@@H](OC(F)F)[C@H](OC)C2)CC(=O)[C@H](C)/C=C(\C)[C@@H](O)[C@@H](OC)C(=O)[C@H](C)C[C@H](C)/C=C/C=C/C=C/1C. The summed E-state index contributed by atoms with van der Waals surface area (Å²) in [5.74, 6) is -8.87. The van der Waals surface area contributed by atoms with Crippen molar-refractivity contribution in [3.63, 3.8) is 0 Å². The van der Waals surface area contributed by atoms with Crippen molar-refractivity contribution in [2.24, 2.45) is 35.5 Å². The number of carbonyl (C=O) groups is 5. The van der Waals surface area contributed by atoms with Crippen LogP contribution in [0.2, 0.25) is 0 Å². The quantitative estimate of drug-likeness (QED) is 0.0751. The third-order valence-electron chi connectivity index (χ3n) is 15.4. The van der Waals surface area contributed by atoms with Crippen LogP contribution in [0.4, 0.5) is 8.78 Å². The third-order valence-corrected chi connectivity index (χ3v) is 15.4. The number of Topliss-reactive ketones (excluding diaryl/α,β-unsaturated/α-hetero) is 3. The van der Waals surface area contributed by atoms with Crippen LogP contribution in [0, 0.1) is 35.5 Å². The fraction of sp³-hybridized carbons (Fsp3) is 0.768. The Morgan fingerprint density at radius 3 is 2.26 bits per heavy atom. The van der Waals surface area contributed by atoms with Crippen molar-refractivity contribution in [2.75, 3.05) is 54.3 Å². The molecule has 2 saturated heterocycles. The minimum atomic E-state index is -2.96. The van der Waals surface area contributed by atoms with E-state index in [9.17, 15) is 43.0 Å². The number of fused-ring (bicyclic) bond motifs is 3. The first-order valence-corrected chi connectivity index (χ1v) is 26.7. The number of methoxy groups -OCH3 is 3. The fourth-order valence-electron chi connectivity index (χ4n) is 10.8. The molecule has 4 rings (SSSR count). The molecule has 15 atom stereocenters. The van der Waals surface area contributed by atoms with Crippen LogP contribution in [0.25, 0.3) is 0 Å². The summed E-state index contributed by atoms with van der Waals surface area (Å²) in [4.78, 5) is 72.6. The van der Waals surface area contributed by atoms with Gasteiger partial charge in [0.05, 0.1) is 50.8 Å². The van der Waals surface area contributed by atoms with E-state index in [0.717, 1.165) is 10.5 Å². The number of allylic oxidation sites excluding steroid dienone is 6. The predicted molar refractivity (Wildman–Crippen MR) is 272 cm³/mol. The first-order chi connectivity index (χ1) is 35.1. The van der Waals surface area contributed by atoms with Gasteiger partial charge >= 0.3 is 12.6 Å². The molecule has 0 radical (unpaired) electrons. The van der Waals surface area contributed by atoms with E-state index in [2.05, 4.69) is 0 Å². The number of halogens is 2. The number of nitrogens with zero attached hydrogens (tertiary/aromatic N) is 1. The van der Waals surface area contributed by atoms with Crippen molar-refractivity contribution in [1.82, 2.24) is 4.90 Å². The van der Waals surface area contributed by atoms with Gasteiger partial charge in [0.1, 0.15) is 30.1 Å². The van der Waals surface area contributed by atoms with Gasteiger partial charge in [-0.3, -0.25) is 19.2 Å². The normalized spacial score (nSPS) is 37.0. The number of hydrogen-bond acceptors (Lipinski definition) is 15. The summed E-state index contributed by atoms with van der Waals surface area (Å²) in [5, 5.41) is 23.6. The number of cyclic esters (lactones) is 1. The molecule has 2 bridgehead atoms. The molecule has 0 spiro atoms. The van der Waals surface area contributed by atoms with Gasteiger partial charge in [0.15, 0.2) is 5.78 Å². The number of piperidine rings is 1. The second-order valence-electron chi connectivity index (χ2n) is 21.2. The third kappa shape index (κ3) is 18.3. The van der Waals surface area contributed by atoms with Crippen molar-refractivity contribution >= 4 is 29.2 Å². The Hall–Kier alpha value is -3.59. The maximum atomic E-state index is 14.5. The van der Waals surface area contributed by atoms with Crippen LogP contribution < -0.4 is 0 Å². The average molecular weight is 1050 g/mol. The molecule has 3 aliphatic heterocycles. The number of ketones is 3. The zero-order valence-electron chi connectivity index (χ0n) is 45.5. The summed E-state index contributed by atoms with van der Waals surface area (Å²) >= 11 is 0. The molecule has 420 valence electrons. The lowest BCUT2D eigenvalue weighted by Crippen LogP contribution is -2.61. The molecule has 1 saturated carbocycles. The highest BCUT2D eigenvalue weighted by molar-refractivity contribution is 6.39.